The predicted molar refractivity (Wildman–Crippen MR) is 50.6 cm³/mol. The van der Waals surface area contributed by atoms with E-state index in [4.69, 9.17) is 5.26 Å². The Hall–Kier alpha value is -0.770. The van der Waals surface area contributed by atoms with Crippen LogP contribution in [0.4, 0.5) is 0 Å². The molecule has 0 bridgehead atoms. The van der Waals surface area contributed by atoms with Gasteiger partial charge < -0.3 is 0 Å². The number of rotatable bonds is 1. The van der Waals surface area contributed by atoms with Gasteiger partial charge in [0.15, 0.2) is 0 Å². The lowest BCUT2D eigenvalue weighted by atomic mass is 9.98. The first-order chi connectivity index (χ1) is 5.86. The molecule has 0 aromatic carbocycles. The molecule has 1 rings (SSSR count). The summed E-state index contributed by atoms with van der Waals surface area (Å²) in [4.78, 5) is 0. The summed E-state index contributed by atoms with van der Waals surface area (Å²) in [6.07, 6.45) is 9.31. The highest BCUT2D eigenvalue weighted by molar-refractivity contribution is 5.14. The number of nitrogens with zero attached hydrogens (tertiary/aromatic N) is 1. The quantitative estimate of drug-likeness (QED) is 0.429. The molecule has 1 aliphatic rings. The molecule has 0 radical (unpaired) electrons. The first-order valence-corrected chi connectivity index (χ1v) is 4.94. The summed E-state index contributed by atoms with van der Waals surface area (Å²) < 4.78 is 0. The Balaban J connectivity index is 2.45. The van der Waals surface area contributed by atoms with Crippen LogP contribution in [0.2, 0.25) is 0 Å². The van der Waals surface area contributed by atoms with Gasteiger partial charge in [-0.3, -0.25) is 0 Å². The largest absolute Gasteiger partial charge is 0.193 e. The van der Waals surface area contributed by atoms with Crippen LogP contribution >= 0.6 is 0 Å². The summed E-state index contributed by atoms with van der Waals surface area (Å²) >= 11 is 0. The molecule has 1 aliphatic carbocycles. The van der Waals surface area contributed by atoms with Gasteiger partial charge in [0.2, 0.25) is 0 Å². The van der Waals surface area contributed by atoms with Crippen LogP contribution in [-0.2, 0) is 0 Å². The van der Waals surface area contributed by atoms with E-state index in [0.29, 0.717) is 0 Å². The van der Waals surface area contributed by atoms with Gasteiger partial charge in [0.1, 0.15) is 0 Å². The SMILES string of the molecule is CCC1CCCC(=CC#N)CC1. The Morgan fingerprint density at radius 1 is 1.50 bits per heavy atom. The third kappa shape index (κ3) is 2.70. The lowest BCUT2D eigenvalue weighted by Crippen LogP contribution is -1.94. The van der Waals surface area contributed by atoms with E-state index in [-0.39, 0.29) is 0 Å². The molecule has 0 aromatic rings. The van der Waals surface area contributed by atoms with Crippen molar-refractivity contribution in [1.29, 1.82) is 5.26 Å². The second-order valence-electron chi connectivity index (χ2n) is 3.64. The van der Waals surface area contributed by atoms with E-state index in [1.165, 1.54) is 31.3 Å². The number of hydrogen-bond acceptors (Lipinski definition) is 1. The van der Waals surface area contributed by atoms with E-state index in [1.807, 2.05) is 0 Å². The number of nitriles is 1. The van der Waals surface area contributed by atoms with E-state index >= 15 is 0 Å². The Morgan fingerprint density at radius 3 is 3.00 bits per heavy atom. The lowest BCUT2D eigenvalue weighted by Gasteiger charge is -2.08. The predicted octanol–water partition coefficient (Wildman–Crippen LogP) is 3.43. The van der Waals surface area contributed by atoms with Gasteiger partial charge in [-0.15, -0.1) is 0 Å². The second kappa shape index (κ2) is 4.98. The molecule has 1 unspecified atom stereocenters. The number of hydrogen-bond donors (Lipinski definition) is 0. The molecule has 1 saturated carbocycles. The van der Waals surface area contributed by atoms with Crippen LogP contribution in [0, 0.1) is 17.2 Å². The minimum Gasteiger partial charge on any atom is -0.193 e. The molecule has 66 valence electrons. The third-order valence-electron chi connectivity index (χ3n) is 2.83. The molecule has 1 fully saturated rings. The Morgan fingerprint density at radius 2 is 2.33 bits per heavy atom. The number of allylic oxidation sites excluding steroid dienone is 2. The van der Waals surface area contributed by atoms with Crippen molar-refractivity contribution < 1.29 is 0 Å². The minimum atomic E-state index is 0.912. The molecular weight excluding hydrogens is 146 g/mol. The first-order valence-electron chi connectivity index (χ1n) is 4.94. The Bertz CT molecular complexity index is 198. The van der Waals surface area contributed by atoms with Crippen molar-refractivity contribution in [2.45, 2.75) is 45.4 Å². The van der Waals surface area contributed by atoms with Crippen molar-refractivity contribution in [2.24, 2.45) is 5.92 Å². The second-order valence-corrected chi connectivity index (χ2v) is 3.64. The van der Waals surface area contributed by atoms with Crippen molar-refractivity contribution >= 4 is 0 Å². The zero-order chi connectivity index (χ0) is 8.81. The van der Waals surface area contributed by atoms with Crippen molar-refractivity contribution in [2.75, 3.05) is 0 Å². The molecule has 0 spiro atoms. The van der Waals surface area contributed by atoms with Crippen molar-refractivity contribution in [3.63, 3.8) is 0 Å². The Kier molecular flexibility index (Phi) is 3.87. The third-order valence-corrected chi connectivity index (χ3v) is 2.83. The highest BCUT2D eigenvalue weighted by Crippen LogP contribution is 2.28. The van der Waals surface area contributed by atoms with E-state index in [0.717, 1.165) is 18.8 Å². The zero-order valence-electron chi connectivity index (χ0n) is 7.84. The molecule has 0 aromatic heterocycles. The topological polar surface area (TPSA) is 23.8 Å². The normalized spacial score (nSPS) is 28.0. The highest BCUT2D eigenvalue weighted by atomic mass is 14.2. The van der Waals surface area contributed by atoms with Crippen LogP contribution in [0.3, 0.4) is 0 Å². The van der Waals surface area contributed by atoms with Gasteiger partial charge in [-0.05, 0) is 31.6 Å². The monoisotopic (exact) mass is 163 g/mol. The molecule has 1 heteroatoms. The van der Waals surface area contributed by atoms with Crippen LogP contribution in [0.15, 0.2) is 11.6 Å². The molecular formula is C11H17N. The minimum absolute atomic E-state index is 0.912. The van der Waals surface area contributed by atoms with Gasteiger partial charge in [0, 0.05) is 6.08 Å². The van der Waals surface area contributed by atoms with Crippen LogP contribution in [0.25, 0.3) is 0 Å². The maximum Gasteiger partial charge on any atom is 0.0911 e. The Labute approximate surface area is 75.1 Å². The fraction of sp³-hybridized carbons (Fsp3) is 0.727. The molecule has 12 heavy (non-hydrogen) atoms. The summed E-state index contributed by atoms with van der Waals surface area (Å²) in [5, 5.41) is 8.51. The van der Waals surface area contributed by atoms with E-state index < -0.39 is 0 Å². The maximum atomic E-state index is 8.51. The maximum absolute atomic E-state index is 8.51. The van der Waals surface area contributed by atoms with Crippen molar-refractivity contribution in [1.82, 2.24) is 0 Å². The summed E-state index contributed by atoms with van der Waals surface area (Å²) in [6.45, 7) is 2.27. The summed E-state index contributed by atoms with van der Waals surface area (Å²) in [5.41, 5.74) is 1.37. The van der Waals surface area contributed by atoms with Crippen LogP contribution in [-0.4, -0.2) is 0 Å². The average molecular weight is 163 g/mol. The van der Waals surface area contributed by atoms with Crippen molar-refractivity contribution in [3.8, 4) is 6.07 Å². The molecule has 0 heterocycles. The fourth-order valence-corrected chi connectivity index (χ4v) is 1.92. The fourth-order valence-electron chi connectivity index (χ4n) is 1.92. The van der Waals surface area contributed by atoms with Gasteiger partial charge in [-0.25, -0.2) is 0 Å². The smallest absolute Gasteiger partial charge is 0.0911 e. The first kappa shape index (κ1) is 9.32. The van der Waals surface area contributed by atoms with Crippen molar-refractivity contribution in [3.05, 3.63) is 11.6 Å². The molecule has 1 nitrogen and oxygen atoms in total. The molecule has 0 aliphatic heterocycles. The standard InChI is InChI=1S/C11H17N/c1-2-10-4-3-5-11(7-6-10)8-9-12/h8,10H,2-7H2,1H3. The van der Waals surface area contributed by atoms with Gasteiger partial charge in [-0.2, -0.15) is 5.26 Å². The van der Waals surface area contributed by atoms with E-state index in [2.05, 4.69) is 13.0 Å². The van der Waals surface area contributed by atoms with Gasteiger partial charge in [0.05, 0.1) is 6.07 Å². The van der Waals surface area contributed by atoms with Gasteiger partial charge >= 0.3 is 0 Å². The van der Waals surface area contributed by atoms with Crippen LogP contribution < -0.4 is 0 Å². The van der Waals surface area contributed by atoms with E-state index in [1.54, 1.807) is 6.08 Å². The summed E-state index contributed by atoms with van der Waals surface area (Å²) in [7, 11) is 0. The molecule has 0 N–H and O–H groups in total. The van der Waals surface area contributed by atoms with E-state index in [9.17, 15) is 0 Å². The van der Waals surface area contributed by atoms with Crippen LogP contribution in [0.1, 0.15) is 45.4 Å². The van der Waals surface area contributed by atoms with Gasteiger partial charge in [-0.1, -0.05) is 25.3 Å². The molecule has 1 atom stereocenters. The summed E-state index contributed by atoms with van der Waals surface area (Å²) in [5.74, 6) is 0.912. The molecule has 0 amide bonds. The van der Waals surface area contributed by atoms with Gasteiger partial charge in [0.25, 0.3) is 0 Å². The summed E-state index contributed by atoms with van der Waals surface area (Å²) in [6, 6.07) is 2.14. The lowest BCUT2D eigenvalue weighted by molar-refractivity contribution is 0.449. The highest BCUT2D eigenvalue weighted by Gasteiger charge is 2.12. The average Bonchev–Trinajstić information content (AvgIpc) is 2.31. The van der Waals surface area contributed by atoms with Crippen LogP contribution in [0.5, 0.6) is 0 Å². The zero-order valence-corrected chi connectivity index (χ0v) is 7.84. The molecule has 0 saturated heterocycles.